The van der Waals surface area contributed by atoms with Crippen molar-refractivity contribution in [1.82, 2.24) is 0 Å². The van der Waals surface area contributed by atoms with Gasteiger partial charge in [-0.15, -0.1) is 0 Å². The van der Waals surface area contributed by atoms with Crippen molar-refractivity contribution in [3.05, 3.63) is 35.4 Å². The summed E-state index contributed by atoms with van der Waals surface area (Å²) in [6.07, 6.45) is 6.91. The van der Waals surface area contributed by atoms with Crippen LogP contribution in [-0.2, 0) is 4.74 Å². The van der Waals surface area contributed by atoms with Gasteiger partial charge in [0.15, 0.2) is 0 Å². The summed E-state index contributed by atoms with van der Waals surface area (Å²) in [5.41, 5.74) is 1.17. The minimum atomic E-state index is -1.22. The van der Waals surface area contributed by atoms with Gasteiger partial charge in [0.2, 0.25) is 0 Å². The smallest absolute Gasteiger partial charge is 0.126 e. The third-order valence-corrected chi connectivity index (χ3v) is 6.33. The van der Waals surface area contributed by atoms with Gasteiger partial charge in [-0.3, -0.25) is 0 Å². The fourth-order valence-corrected chi connectivity index (χ4v) is 5.44. The molecule has 3 heteroatoms. The lowest BCUT2D eigenvalue weighted by Crippen LogP contribution is -2.41. The van der Waals surface area contributed by atoms with Gasteiger partial charge in [0, 0.05) is 12.0 Å². The molecule has 4 bridgehead atoms. The molecule has 0 saturated heterocycles. The van der Waals surface area contributed by atoms with Crippen LogP contribution in [0, 0.1) is 23.7 Å². The summed E-state index contributed by atoms with van der Waals surface area (Å²) in [5.74, 6) is 4.20. The van der Waals surface area contributed by atoms with E-state index in [9.17, 15) is 9.50 Å². The number of aromatic hydroxyl groups is 1. The molecule has 4 aliphatic rings. The Kier molecular flexibility index (Phi) is 4.29. The third kappa shape index (κ3) is 3.56. The molecule has 4 aliphatic carbocycles. The zero-order chi connectivity index (χ0) is 17.6. The first kappa shape index (κ1) is 16.9. The van der Waals surface area contributed by atoms with Gasteiger partial charge < -0.3 is 9.84 Å². The highest BCUT2D eigenvalue weighted by atomic mass is 19.1. The van der Waals surface area contributed by atoms with Gasteiger partial charge in [-0.2, -0.15) is 0 Å². The molecule has 25 heavy (non-hydrogen) atoms. The lowest BCUT2D eigenvalue weighted by Gasteiger charge is -2.51. The van der Waals surface area contributed by atoms with Crippen molar-refractivity contribution in [1.29, 1.82) is 0 Å². The minimum absolute atomic E-state index is 0.258. The van der Waals surface area contributed by atoms with Crippen LogP contribution < -0.4 is 0 Å². The van der Waals surface area contributed by atoms with Crippen LogP contribution in [0.2, 0.25) is 0 Å². The first-order valence-corrected chi connectivity index (χ1v) is 9.74. The van der Waals surface area contributed by atoms with Gasteiger partial charge in [-0.1, -0.05) is 12.1 Å². The largest absolute Gasteiger partial charge is 0.508 e. The van der Waals surface area contributed by atoms with Gasteiger partial charge in [0.05, 0.1) is 6.61 Å². The number of phenols is 1. The lowest BCUT2D eigenvalue weighted by molar-refractivity contribution is 0.0654. The number of phenolic OH excluding ortho intramolecular Hbond substituents is 1. The van der Waals surface area contributed by atoms with Crippen LogP contribution in [0.3, 0.4) is 0 Å². The van der Waals surface area contributed by atoms with E-state index in [2.05, 4.69) is 0 Å². The quantitative estimate of drug-likeness (QED) is 0.693. The Bertz CT molecular complexity index is 641. The van der Waals surface area contributed by atoms with Gasteiger partial charge in [0.1, 0.15) is 17.2 Å². The topological polar surface area (TPSA) is 29.5 Å². The standard InChI is InChI=1S/C22H29FO2/c1-22(2,23)6-7-25-21(16-4-3-5-19(24)13-16)20-17-9-14-8-15(11-17)12-18(20)10-14/h3-5,13-15,17-18,24H,6-12H2,1-2H3. The molecule has 0 atom stereocenters. The molecule has 1 aromatic carbocycles. The van der Waals surface area contributed by atoms with E-state index in [1.54, 1.807) is 26.0 Å². The Hall–Kier alpha value is -1.51. The van der Waals surface area contributed by atoms with Gasteiger partial charge in [0.25, 0.3) is 0 Å². The first-order chi connectivity index (χ1) is 11.9. The molecular formula is C22H29FO2. The van der Waals surface area contributed by atoms with Gasteiger partial charge in [-0.05, 0) is 87.3 Å². The highest BCUT2D eigenvalue weighted by molar-refractivity contribution is 5.66. The molecule has 0 aromatic heterocycles. The zero-order valence-electron chi connectivity index (χ0n) is 15.3. The minimum Gasteiger partial charge on any atom is -0.508 e. The molecular weight excluding hydrogens is 315 g/mol. The lowest BCUT2D eigenvalue weighted by atomic mass is 9.54. The molecule has 1 aromatic rings. The number of hydrogen-bond donors (Lipinski definition) is 1. The summed E-state index contributed by atoms with van der Waals surface area (Å²) >= 11 is 0. The van der Waals surface area contributed by atoms with E-state index in [1.807, 2.05) is 12.1 Å². The molecule has 0 amide bonds. The fraction of sp³-hybridized carbons (Fsp3) is 0.636. The van der Waals surface area contributed by atoms with Crippen molar-refractivity contribution < 1.29 is 14.2 Å². The number of alkyl halides is 1. The maximum absolute atomic E-state index is 13.9. The second-order valence-electron chi connectivity index (χ2n) is 8.96. The van der Waals surface area contributed by atoms with Gasteiger partial charge in [-0.25, -0.2) is 4.39 Å². The first-order valence-electron chi connectivity index (χ1n) is 9.74. The molecule has 0 spiro atoms. The average molecular weight is 344 g/mol. The van der Waals surface area contributed by atoms with Gasteiger partial charge >= 0.3 is 0 Å². The van der Waals surface area contributed by atoms with Crippen LogP contribution >= 0.6 is 0 Å². The molecule has 2 nitrogen and oxygen atoms in total. The molecule has 0 radical (unpaired) electrons. The summed E-state index contributed by atoms with van der Waals surface area (Å²) < 4.78 is 20.1. The van der Waals surface area contributed by atoms with E-state index in [4.69, 9.17) is 4.74 Å². The molecule has 5 rings (SSSR count). The monoisotopic (exact) mass is 344 g/mol. The van der Waals surface area contributed by atoms with Crippen molar-refractivity contribution in [2.75, 3.05) is 6.61 Å². The average Bonchev–Trinajstić information content (AvgIpc) is 2.51. The molecule has 4 fully saturated rings. The van der Waals surface area contributed by atoms with E-state index in [-0.39, 0.29) is 5.75 Å². The number of ether oxygens (including phenoxy) is 1. The molecule has 0 aliphatic heterocycles. The summed E-state index contributed by atoms with van der Waals surface area (Å²) in [6, 6.07) is 7.35. The Morgan fingerprint density at radius 3 is 2.32 bits per heavy atom. The zero-order valence-corrected chi connectivity index (χ0v) is 15.3. The van der Waals surface area contributed by atoms with Crippen LogP contribution in [0.1, 0.15) is 57.9 Å². The SMILES string of the molecule is CC(C)(F)CCOC(=C1C2CC3CC(C2)CC1C3)c1cccc(O)c1. The van der Waals surface area contributed by atoms with Crippen LogP contribution in [-0.4, -0.2) is 17.4 Å². The van der Waals surface area contributed by atoms with Crippen LogP contribution in [0.15, 0.2) is 29.8 Å². The highest BCUT2D eigenvalue weighted by Gasteiger charge is 2.46. The van der Waals surface area contributed by atoms with E-state index in [0.717, 1.165) is 23.2 Å². The van der Waals surface area contributed by atoms with E-state index < -0.39 is 5.67 Å². The van der Waals surface area contributed by atoms with E-state index >= 15 is 0 Å². The predicted octanol–water partition coefficient (Wildman–Crippen LogP) is 5.71. The summed E-state index contributed by atoms with van der Waals surface area (Å²) in [6.45, 7) is 3.57. The maximum atomic E-state index is 13.9. The Balaban J connectivity index is 1.67. The normalized spacial score (nSPS) is 30.6. The second kappa shape index (κ2) is 6.34. The van der Waals surface area contributed by atoms with E-state index in [1.165, 1.54) is 37.7 Å². The predicted molar refractivity (Wildman–Crippen MR) is 97.8 cm³/mol. The van der Waals surface area contributed by atoms with Crippen molar-refractivity contribution >= 4 is 5.76 Å². The fourth-order valence-electron chi connectivity index (χ4n) is 5.44. The molecule has 136 valence electrons. The Morgan fingerprint density at radius 1 is 1.12 bits per heavy atom. The molecule has 0 heterocycles. The summed E-state index contributed by atoms with van der Waals surface area (Å²) in [7, 11) is 0. The number of rotatable bonds is 5. The number of hydrogen-bond acceptors (Lipinski definition) is 2. The molecule has 4 saturated carbocycles. The van der Waals surface area contributed by atoms with Crippen LogP contribution in [0.4, 0.5) is 4.39 Å². The van der Waals surface area contributed by atoms with Crippen molar-refractivity contribution in [3.63, 3.8) is 0 Å². The van der Waals surface area contributed by atoms with Crippen LogP contribution in [0.25, 0.3) is 5.76 Å². The van der Waals surface area contributed by atoms with Crippen molar-refractivity contribution in [3.8, 4) is 5.75 Å². The van der Waals surface area contributed by atoms with Crippen molar-refractivity contribution in [2.24, 2.45) is 23.7 Å². The van der Waals surface area contributed by atoms with Crippen molar-refractivity contribution in [2.45, 2.75) is 58.0 Å². The summed E-state index contributed by atoms with van der Waals surface area (Å²) in [4.78, 5) is 0. The molecule has 1 N–H and O–H groups in total. The third-order valence-electron chi connectivity index (χ3n) is 6.33. The number of allylic oxidation sites excluding steroid dienone is 1. The number of halogens is 1. The second-order valence-corrected chi connectivity index (χ2v) is 8.96. The summed E-state index contributed by atoms with van der Waals surface area (Å²) in [5, 5.41) is 9.93. The number of benzene rings is 1. The highest BCUT2D eigenvalue weighted by Crippen LogP contribution is 2.58. The molecule has 0 unspecified atom stereocenters. The maximum Gasteiger partial charge on any atom is 0.126 e. The van der Waals surface area contributed by atoms with E-state index in [0.29, 0.717) is 24.9 Å². The Labute approximate surface area is 150 Å². The van der Waals surface area contributed by atoms with Crippen LogP contribution in [0.5, 0.6) is 5.75 Å². The Morgan fingerprint density at radius 2 is 1.76 bits per heavy atom.